The van der Waals surface area contributed by atoms with Crippen LogP contribution in [-0.4, -0.2) is 38.1 Å². The van der Waals surface area contributed by atoms with Gasteiger partial charge in [-0.3, -0.25) is 0 Å². The molecule has 0 saturated heterocycles. The number of rotatable bonds is 7. The third-order valence-corrected chi connectivity index (χ3v) is 3.23. The normalized spacial score (nSPS) is 15.2. The van der Waals surface area contributed by atoms with Crippen molar-refractivity contribution >= 4 is 5.69 Å². The Balaban J connectivity index is 1.77. The van der Waals surface area contributed by atoms with Gasteiger partial charge in [0.15, 0.2) is 0 Å². The van der Waals surface area contributed by atoms with Crippen molar-refractivity contribution < 1.29 is 0 Å². The van der Waals surface area contributed by atoms with Gasteiger partial charge in [0.1, 0.15) is 0 Å². The minimum atomic E-state index is 0.813. The number of para-hydroxylation sites is 1. The third-order valence-electron chi connectivity index (χ3n) is 3.23. The zero-order valence-electron chi connectivity index (χ0n) is 10.9. The molecule has 0 unspecified atom stereocenters. The Morgan fingerprint density at radius 1 is 1.29 bits per heavy atom. The van der Waals surface area contributed by atoms with E-state index in [-0.39, 0.29) is 0 Å². The molecular weight excluding hydrogens is 210 g/mol. The van der Waals surface area contributed by atoms with Crippen molar-refractivity contribution in [3.05, 3.63) is 29.8 Å². The van der Waals surface area contributed by atoms with Crippen molar-refractivity contribution in [3.8, 4) is 0 Å². The first-order valence-electron chi connectivity index (χ1n) is 6.47. The molecule has 0 heterocycles. The molecule has 1 aliphatic carbocycles. The highest BCUT2D eigenvalue weighted by atomic mass is 15.1. The molecule has 17 heavy (non-hydrogen) atoms. The molecule has 0 aliphatic heterocycles. The zero-order valence-corrected chi connectivity index (χ0v) is 10.9. The van der Waals surface area contributed by atoms with Gasteiger partial charge < -0.3 is 15.5 Å². The van der Waals surface area contributed by atoms with Crippen LogP contribution in [0, 0.1) is 0 Å². The quantitative estimate of drug-likeness (QED) is 0.753. The van der Waals surface area contributed by atoms with Gasteiger partial charge in [-0.2, -0.15) is 0 Å². The summed E-state index contributed by atoms with van der Waals surface area (Å²) < 4.78 is 0. The van der Waals surface area contributed by atoms with Crippen molar-refractivity contribution in [2.45, 2.75) is 25.4 Å². The average molecular weight is 233 g/mol. The fourth-order valence-corrected chi connectivity index (χ4v) is 2.02. The van der Waals surface area contributed by atoms with Gasteiger partial charge in [0, 0.05) is 38.4 Å². The third kappa shape index (κ3) is 4.02. The predicted molar refractivity (Wildman–Crippen MR) is 73.3 cm³/mol. The van der Waals surface area contributed by atoms with Gasteiger partial charge in [0.2, 0.25) is 0 Å². The maximum Gasteiger partial charge on any atom is 0.0383 e. The molecule has 2 rings (SSSR count). The van der Waals surface area contributed by atoms with Crippen molar-refractivity contribution in [3.63, 3.8) is 0 Å². The van der Waals surface area contributed by atoms with Gasteiger partial charge in [-0.25, -0.2) is 0 Å². The predicted octanol–water partition coefficient (Wildman–Crippen LogP) is 1.91. The molecule has 94 valence electrons. The molecule has 0 atom stereocenters. The van der Waals surface area contributed by atoms with Crippen LogP contribution in [0.4, 0.5) is 5.69 Å². The summed E-state index contributed by atoms with van der Waals surface area (Å²) in [6.45, 7) is 3.21. The van der Waals surface area contributed by atoms with Crippen LogP contribution < -0.4 is 10.6 Å². The van der Waals surface area contributed by atoms with Crippen LogP contribution in [0.5, 0.6) is 0 Å². The molecule has 0 bridgehead atoms. The number of benzene rings is 1. The Labute approximate surface area is 104 Å². The number of hydrogen-bond acceptors (Lipinski definition) is 3. The molecule has 1 aliphatic rings. The summed E-state index contributed by atoms with van der Waals surface area (Å²) in [5.41, 5.74) is 2.60. The van der Waals surface area contributed by atoms with Crippen molar-refractivity contribution in [1.82, 2.24) is 10.2 Å². The lowest BCUT2D eigenvalue weighted by molar-refractivity contribution is 0.324. The highest BCUT2D eigenvalue weighted by Gasteiger charge is 2.19. The van der Waals surface area contributed by atoms with E-state index in [0.717, 1.165) is 25.7 Å². The van der Waals surface area contributed by atoms with Crippen LogP contribution in [0.25, 0.3) is 0 Å². The average Bonchev–Trinajstić information content (AvgIpc) is 3.14. The lowest BCUT2D eigenvalue weighted by Gasteiger charge is -2.19. The molecule has 2 N–H and O–H groups in total. The van der Waals surface area contributed by atoms with Crippen molar-refractivity contribution in [2.24, 2.45) is 0 Å². The first kappa shape index (κ1) is 12.4. The highest BCUT2D eigenvalue weighted by Crippen LogP contribution is 2.18. The van der Waals surface area contributed by atoms with Gasteiger partial charge in [-0.05, 0) is 31.5 Å². The van der Waals surface area contributed by atoms with Gasteiger partial charge in [0.05, 0.1) is 0 Å². The summed E-state index contributed by atoms with van der Waals surface area (Å²) in [6, 6.07) is 9.31. The van der Waals surface area contributed by atoms with E-state index in [4.69, 9.17) is 0 Å². The van der Waals surface area contributed by atoms with Gasteiger partial charge in [-0.15, -0.1) is 0 Å². The molecule has 0 radical (unpaired) electrons. The summed E-state index contributed by atoms with van der Waals surface area (Å²) >= 11 is 0. The first-order valence-corrected chi connectivity index (χ1v) is 6.47. The molecule has 1 fully saturated rings. The molecule has 0 spiro atoms. The SMILES string of the molecule is CNc1ccccc1CN(C)CCNC1CC1. The number of likely N-dealkylation sites (N-methyl/N-ethyl adjacent to an activating group) is 1. The van der Waals surface area contributed by atoms with Gasteiger partial charge in [0.25, 0.3) is 0 Å². The highest BCUT2D eigenvalue weighted by molar-refractivity contribution is 5.50. The largest absolute Gasteiger partial charge is 0.388 e. The fraction of sp³-hybridized carbons (Fsp3) is 0.571. The lowest BCUT2D eigenvalue weighted by atomic mass is 10.1. The number of anilines is 1. The lowest BCUT2D eigenvalue weighted by Crippen LogP contribution is -2.30. The topological polar surface area (TPSA) is 27.3 Å². The van der Waals surface area contributed by atoms with E-state index in [9.17, 15) is 0 Å². The van der Waals surface area contributed by atoms with Crippen LogP contribution in [-0.2, 0) is 6.54 Å². The molecule has 0 aromatic heterocycles. The van der Waals surface area contributed by atoms with E-state index in [0.29, 0.717) is 0 Å². The molecular formula is C14H23N3. The Hall–Kier alpha value is -1.06. The number of nitrogens with one attached hydrogen (secondary N) is 2. The molecule has 1 saturated carbocycles. The van der Waals surface area contributed by atoms with E-state index in [2.05, 4.69) is 46.8 Å². The standard InChI is InChI=1S/C14H23N3/c1-15-14-6-4-3-5-12(14)11-17(2)10-9-16-13-7-8-13/h3-6,13,15-16H,7-11H2,1-2H3. The minimum Gasteiger partial charge on any atom is -0.388 e. The monoisotopic (exact) mass is 233 g/mol. The second kappa shape index (κ2) is 6.03. The molecule has 3 nitrogen and oxygen atoms in total. The zero-order chi connectivity index (χ0) is 12.1. The fourth-order valence-electron chi connectivity index (χ4n) is 2.02. The Bertz CT molecular complexity index is 347. The first-order chi connectivity index (χ1) is 8.29. The Kier molecular flexibility index (Phi) is 4.40. The number of hydrogen-bond donors (Lipinski definition) is 2. The van der Waals surface area contributed by atoms with Crippen LogP contribution in [0.3, 0.4) is 0 Å². The second-order valence-corrected chi connectivity index (χ2v) is 4.87. The van der Waals surface area contributed by atoms with Crippen LogP contribution in [0.2, 0.25) is 0 Å². The maximum atomic E-state index is 3.54. The van der Waals surface area contributed by atoms with E-state index >= 15 is 0 Å². The molecule has 0 amide bonds. The Morgan fingerprint density at radius 2 is 2.06 bits per heavy atom. The molecule has 1 aromatic rings. The minimum absolute atomic E-state index is 0.813. The van der Waals surface area contributed by atoms with Crippen LogP contribution in [0.15, 0.2) is 24.3 Å². The van der Waals surface area contributed by atoms with Crippen LogP contribution >= 0.6 is 0 Å². The van der Waals surface area contributed by atoms with Crippen molar-refractivity contribution in [2.75, 3.05) is 32.5 Å². The van der Waals surface area contributed by atoms with E-state index in [1.54, 1.807) is 0 Å². The Morgan fingerprint density at radius 3 is 2.76 bits per heavy atom. The summed E-state index contributed by atoms with van der Waals surface area (Å²) in [4.78, 5) is 2.37. The van der Waals surface area contributed by atoms with E-state index in [1.165, 1.54) is 24.1 Å². The van der Waals surface area contributed by atoms with Gasteiger partial charge in [-0.1, -0.05) is 18.2 Å². The van der Waals surface area contributed by atoms with E-state index < -0.39 is 0 Å². The maximum absolute atomic E-state index is 3.54. The smallest absolute Gasteiger partial charge is 0.0383 e. The summed E-state index contributed by atoms with van der Waals surface area (Å²) in [7, 11) is 4.16. The summed E-state index contributed by atoms with van der Waals surface area (Å²) in [5, 5.41) is 6.79. The molecule has 1 aromatic carbocycles. The van der Waals surface area contributed by atoms with Crippen LogP contribution in [0.1, 0.15) is 18.4 Å². The molecule has 3 heteroatoms. The number of nitrogens with zero attached hydrogens (tertiary/aromatic N) is 1. The second-order valence-electron chi connectivity index (χ2n) is 4.87. The van der Waals surface area contributed by atoms with Crippen molar-refractivity contribution in [1.29, 1.82) is 0 Å². The van der Waals surface area contributed by atoms with E-state index in [1.807, 2.05) is 7.05 Å². The summed E-state index contributed by atoms with van der Waals surface area (Å²) in [5.74, 6) is 0. The van der Waals surface area contributed by atoms with Gasteiger partial charge >= 0.3 is 0 Å². The summed E-state index contributed by atoms with van der Waals surface area (Å²) in [6.07, 6.45) is 2.73.